The molecule has 1 aromatic carbocycles. The number of benzene rings is 1. The number of hydrogen-bond donors (Lipinski definition) is 4. The molecule has 5 rings (SSSR count). The number of rotatable bonds is 8. The Hall–Kier alpha value is -1.91. The van der Waals surface area contributed by atoms with Gasteiger partial charge in [-0.25, -0.2) is 4.68 Å². The van der Waals surface area contributed by atoms with Gasteiger partial charge in [0.2, 0.25) is 5.28 Å². The van der Waals surface area contributed by atoms with E-state index in [0.717, 1.165) is 12.8 Å². The summed E-state index contributed by atoms with van der Waals surface area (Å²) in [7, 11) is -9.04. The number of nitrogens with one attached hydrogen (secondary N) is 1. The summed E-state index contributed by atoms with van der Waals surface area (Å²) in [6.45, 7) is -0.0828. The first-order chi connectivity index (χ1) is 16.6. The first-order valence-electron chi connectivity index (χ1n) is 11.2. The normalized spacial score (nSPS) is 23.9. The third-order valence-corrected chi connectivity index (χ3v) is 10.1. The molecule has 4 N–H and O–H groups in total. The molecular formula is C20H25ClN6O6P2. The maximum atomic E-state index is 11.9. The average molecular weight is 543 g/mol. The molecule has 0 spiro atoms. The summed E-state index contributed by atoms with van der Waals surface area (Å²) in [5.74, 6) is -0.758. The van der Waals surface area contributed by atoms with E-state index in [-0.39, 0.29) is 29.9 Å². The molecule has 0 amide bonds. The highest BCUT2D eigenvalue weighted by Gasteiger charge is 2.35. The van der Waals surface area contributed by atoms with Gasteiger partial charge in [0.15, 0.2) is 22.9 Å². The molecule has 4 atom stereocenters. The van der Waals surface area contributed by atoms with E-state index >= 15 is 0 Å². The molecule has 0 bridgehead atoms. The van der Waals surface area contributed by atoms with Crippen molar-refractivity contribution in [2.75, 3.05) is 17.8 Å². The molecule has 2 aromatic heterocycles. The van der Waals surface area contributed by atoms with Crippen LogP contribution in [0.25, 0.3) is 11.2 Å². The van der Waals surface area contributed by atoms with Crippen LogP contribution >= 0.6 is 26.8 Å². The number of anilines is 1. The van der Waals surface area contributed by atoms with Crippen LogP contribution in [0.4, 0.5) is 5.82 Å². The van der Waals surface area contributed by atoms with Gasteiger partial charge in [-0.2, -0.15) is 9.97 Å². The standard InChI is InChI=1S/C20H25ClN6O6P2/c21-20-23-18(22-16-8-6-13-3-1-2-4-15(13)16)17-19(24-20)27(26-25-17)14-7-5-12(9-14)10-33-35(31,32)11-34(28,29)30/h1-4,12,14,16H,5-11H2,(H,31,32)(H,22,23,24)(H2,28,29,30)/t12-,14+,16+/m1/s1. The van der Waals surface area contributed by atoms with Crippen molar-refractivity contribution < 1.29 is 28.3 Å². The molecule has 188 valence electrons. The Labute approximate surface area is 205 Å². The van der Waals surface area contributed by atoms with Gasteiger partial charge < -0.3 is 24.5 Å². The summed E-state index contributed by atoms with van der Waals surface area (Å²) in [4.78, 5) is 36.3. The summed E-state index contributed by atoms with van der Waals surface area (Å²) in [6, 6.07) is 8.27. The van der Waals surface area contributed by atoms with E-state index in [4.69, 9.17) is 25.9 Å². The quantitative estimate of drug-likeness (QED) is 0.242. The van der Waals surface area contributed by atoms with Gasteiger partial charge in [-0.1, -0.05) is 29.5 Å². The smallest absolute Gasteiger partial charge is 0.340 e. The summed E-state index contributed by atoms with van der Waals surface area (Å²) >= 11 is 6.25. The molecule has 3 aromatic rings. The lowest BCUT2D eigenvalue weighted by molar-refractivity contribution is 0.214. The maximum absolute atomic E-state index is 11.9. The summed E-state index contributed by atoms with van der Waals surface area (Å²) in [5, 5.41) is 12.2. The van der Waals surface area contributed by atoms with E-state index in [1.165, 1.54) is 11.1 Å². The predicted molar refractivity (Wildman–Crippen MR) is 128 cm³/mol. The number of aromatic nitrogens is 5. The van der Waals surface area contributed by atoms with Crippen LogP contribution in [0.2, 0.25) is 5.28 Å². The molecular weight excluding hydrogens is 518 g/mol. The van der Waals surface area contributed by atoms with Crippen molar-refractivity contribution in [3.63, 3.8) is 0 Å². The van der Waals surface area contributed by atoms with Gasteiger partial charge in [-0.3, -0.25) is 9.13 Å². The fraction of sp³-hybridized carbons (Fsp3) is 0.500. The minimum absolute atomic E-state index is 0.0753. The Morgan fingerprint density at radius 1 is 1.14 bits per heavy atom. The van der Waals surface area contributed by atoms with Gasteiger partial charge in [0.05, 0.1) is 18.7 Å². The van der Waals surface area contributed by atoms with Crippen molar-refractivity contribution in [2.45, 2.75) is 44.2 Å². The van der Waals surface area contributed by atoms with Crippen molar-refractivity contribution in [1.29, 1.82) is 0 Å². The monoisotopic (exact) mass is 542 g/mol. The molecule has 2 aliphatic carbocycles. The highest BCUT2D eigenvalue weighted by atomic mass is 35.5. The zero-order valence-electron chi connectivity index (χ0n) is 18.6. The number of aryl methyl sites for hydroxylation is 1. The maximum Gasteiger partial charge on any atom is 0.340 e. The number of fused-ring (bicyclic) bond motifs is 2. The van der Waals surface area contributed by atoms with Gasteiger partial charge in [-0.05, 0) is 60.7 Å². The van der Waals surface area contributed by atoms with Crippen molar-refractivity contribution in [3.8, 4) is 0 Å². The van der Waals surface area contributed by atoms with Crippen LogP contribution in [0, 0.1) is 5.92 Å². The molecule has 0 aliphatic heterocycles. The first kappa shape index (κ1) is 24.8. The topological polar surface area (TPSA) is 173 Å². The van der Waals surface area contributed by atoms with Crippen LogP contribution in [0.3, 0.4) is 0 Å². The Morgan fingerprint density at radius 3 is 2.74 bits per heavy atom. The van der Waals surface area contributed by atoms with E-state index in [2.05, 4.69) is 37.7 Å². The van der Waals surface area contributed by atoms with Crippen molar-refractivity contribution >= 4 is 43.8 Å². The van der Waals surface area contributed by atoms with Crippen molar-refractivity contribution in [2.24, 2.45) is 5.92 Å². The lowest BCUT2D eigenvalue weighted by Gasteiger charge is -2.16. The molecule has 15 heteroatoms. The Morgan fingerprint density at radius 2 is 1.94 bits per heavy atom. The molecule has 2 heterocycles. The largest absolute Gasteiger partial charge is 0.361 e. The Bertz CT molecular complexity index is 1350. The minimum atomic E-state index is -4.66. The van der Waals surface area contributed by atoms with Gasteiger partial charge in [-0.15, -0.1) is 5.10 Å². The van der Waals surface area contributed by atoms with Crippen LogP contribution in [-0.4, -0.2) is 52.2 Å². The fourth-order valence-electron chi connectivity index (χ4n) is 4.94. The average Bonchev–Trinajstić information content (AvgIpc) is 3.49. The summed E-state index contributed by atoms with van der Waals surface area (Å²) in [6.07, 6.45) is 3.88. The SMILES string of the molecule is O=P(O)(O)CP(=O)(O)OC[C@@H]1CC[C@H](n2nnc3c(N[C@H]4CCc5ccccc54)nc(Cl)nc32)C1. The van der Waals surface area contributed by atoms with E-state index < -0.39 is 21.1 Å². The van der Waals surface area contributed by atoms with Crippen LogP contribution < -0.4 is 5.32 Å². The first-order valence-corrected chi connectivity index (χ1v) is 15.2. The second-order valence-corrected chi connectivity index (χ2v) is 13.4. The zero-order chi connectivity index (χ0) is 24.8. The van der Waals surface area contributed by atoms with E-state index in [1.807, 2.05) is 12.1 Å². The number of nitrogens with zero attached hydrogens (tertiary/aromatic N) is 5. The van der Waals surface area contributed by atoms with E-state index in [1.54, 1.807) is 4.68 Å². The summed E-state index contributed by atoms with van der Waals surface area (Å²) in [5.41, 5.74) is 3.54. The Kier molecular flexibility index (Phi) is 6.74. The Balaban J connectivity index is 1.30. The lowest BCUT2D eigenvalue weighted by atomic mass is 10.1. The minimum Gasteiger partial charge on any atom is -0.361 e. The van der Waals surface area contributed by atoms with Crippen molar-refractivity contribution in [1.82, 2.24) is 25.0 Å². The van der Waals surface area contributed by atoms with E-state index in [0.29, 0.717) is 36.2 Å². The van der Waals surface area contributed by atoms with Crippen LogP contribution in [0.1, 0.15) is 48.9 Å². The predicted octanol–water partition coefficient (Wildman–Crippen LogP) is 3.65. The zero-order valence-corrected chi connectivity index (χ0v) is 21.1. The summed E-state index contributed by atoms with van der Waals surface area (Å²) < 4.78 is 29.7. The second-order valence-electron chi connectivity index (χ2n) is 9.05. The lowest BCUT2D eigenvalue weighted by Crippen LogP contribution is -2.12. The molecule has 0 saturated heterocycles. The number of hydrogen-bond acceptors (Lipinski definition) is 8. The fourth-order valence-corrected chi connectivity index (χ4v) is 7.74. The third kappa shape index (κ3) is 5.59. The van der Waals surface area contributed by atoms with Gasteiger partial charge in [0.25, 0.3) is 0 Å². The van der Waals surface area contributed by atoms with Crippen molar-refractivity contribution in [3.05, 3.63) is 40.7 Å². The molecule has 2 aliphatic rings. The third-order valence-electron chi connectivity index (χ3n) is 6.47. The molecule has 1 fully saturated rings. The molecule has 1 saturated carbocycles. The highest BCUT2D eigenvalue weighted by molar-refractivity contribution is 7.70. The molecule has 35 heavy (non-hydrogen) atoms. The van der Waals surface area contributed by atoms with Gasteiger partial charge in [0, 0.05) is 0 Å². The number of halogens is 1. The van der Waals surface area contributed by atoms with Gasteiger partial charge in [0.1, 0.15) is 0 Å². The highest BCUT2D eigenvalue weighted by Crippen LogP contribution is 2.56. The van der Waals surface area contributed by atoms with Gasteiger partial charge >= 0.3 is 15.2 Å². The second kappa shape index (κ2) is 9.52. The van der Waals surface area contributed by atoms with Crippen LogP contribution in [-0.2, 0) is 20.1 Å². The molecule has 1 unspecified atom stereocenters. The van der Waals surface area contributed by atoms with Crippen LogP contribution in [0.5, 0.6) is 0 Å². The van der Waals surface area contributed by atoms with Crippen LogP contribution in [0.15, 0.2) is 24.3 Å². The van der Waals surface area contributed by atoms with E-state index in [9.17, 15) is 14.0 Å². The molecule has 12 nitrogen and oxygen atoms in total. The molecule has 0 radical (unpaired) electrons.